The van der Waals surface area contributed by atoms with E-state index in [1.54, 1.807) is 6.20 Å². The molecule has 0 aliphatic carbocycles. The van der Waals surface area contributed by atoms with Crippen LogP contribution in [0.3, 0.4) is 0 Å². The summed E-state index contributed by atoms with van der Waals surface area (Å²) in [6.07, 6.45) is 3.67. The molecule has 12 heteroatoms. The Balaban J connectivity index is 1.20. The van der Waals surface area contributed by atoms with Crippen molar-refractivity contribution in [2.45, 2.75) is 38.0 Å². The standard InChI is InChI=1S/C26H28F3N9/c1-15(16-4-5-22(31-10-16)38-8-7-37-6-2-3-18(37)14-38)35-25-34-13-21(30)23(36-25)20-12-33-24-19(20)9-17(11-32-24)26(27,28)29/h4-5,9-13,15,18H,2-3,6-8,14,30H2,1H3,(H,32,33)(H,34,35,36)/t15-,18-/m1/s1. The topological polar surface area (TPSA) is 112 Å². The normalized spacial score (nSPS) is 19.1. The van der Waals surface area contributed by atoms with Gasteiger partial charge in [0.2, 0.25) is 5.95 Å². The molecule has 0 aromatic carbocycles. The fourth-order valence-corrected chi connectivity index (χ4v) is 5.35. The molecule has 0 unspecified atom stereocenters. The average molecular weight is 524 g/mol. The van der Waals surface area contributed by atoms with Crippen LogP contribution in [0.15, 0.2) is 43.0 Å². The molecule has 4 N–H and O–H groups in total. The summed E-state index contributed by atoms with van der Waals surface area (Å²) in [6, 6.07) is 5.59. The number of piperazine rings is 1. The molecule has 2 fully saturated rings. The van der Waals surface area contributed by atoms with Crippen LogP contribution < -0.4 is 16.0 Å². The van der Waals surface area contributed by atoms with Gasteiger partial charge in [0, 0.05) is 55.2 Å². The van der Waals surface area contributed by atoms with E-state index >= 15 is 0 Å². The molecule has 38 heavy (non-hydrogen) atoms. The summed E-state index contributed by atoms with van der Waals surface area (Å²) in [4.78, 5) is 25.3. The second-order valence-electron chi connectivity index (χ2n) is 9.91. The number of aromatic nitrogens is 5. The van der Waals surface area contributed by atoms with Gasteiger partial charge in [0.1, 0.15) is 17.2 Å². The molecule has 0 bridgehead atoms. The van der Waals surface area contributed by atoms with Crippen molar-refractivity contribution in [2.24, 2.45) is 0 Å². The molecule has 0 spiro atoms. The van der Waals surface area contributed by atoms with Crippen LogP contribution in [0.4, 0.5) is 30.6 Å². The molecule has 2 aliphatic heterocycles. The molecular weight excluding hydrogens is 495 g/mol. The lowest BCUT2D eigenvalue weighted by atomic mass is 10.1. The number of aromatic amines is 1. The molecule has 6 rings (SSSR count). The summed E-state index contributed by atoms with van der Waals surface area (Å²) in [7, 11) is 0. The summed E-state index contributed by atoms with van der Waals surface area (Å²) < 4.78 is 39.8. The van der Waals surface area contributed by atoms with Crippen molar-refractivity contribution in [1.82, 2.24) is 29.8 Å². The van der Waals surface area contributed by atoms with Crippen molar-refractivity contribution in [2.75, 3.05) is 42.1 Å². The minimum absolute atomic E-state index is 0.166. The monoisotopic (exact) mass is 523 g/mol. The first-order valence-electron chi connectivity index (χ1n) is 12.6. The number of hydrogen-bond donors (Lipinski definition) is 3. The number of H-pyrrole nitrogens is 1. The van der Waals surface area contributed by atoms with Gasteiger partial charge in [-0.2, -0.15) is 13.2 Å². The maximum atomic E-state index is 13.3. The van der Waals surface area contributed by atoms with Crippen LogP contribution in [0.5, 0.6) is 0 Å². The van der Waals surface area contributed by atoms with Crippen molar-refractivity contribution < 1.29 is 13.2 Å². The molecular formula is C26H28F3N9. The van der Waals surface area contributed by atoms with Crippen LogP contribution in [-0.2, 0) is 6.18 Å². The minimum Gasteiger partial charge on any atom is -0.396 e. The fraction of sp³-hybridized carbons (Fsp3) is 0.385. The highest BCUT2D eigenvalue weighted by atomic mass is 19.4. The summed E-state index contributed by atoms with van der Waals surface area (Å²) in [5.74, 6) is 1.28. The van der Waals surface area contributed by atoms with Crippen LogP contribution in [0.2, 0.25) is 0 Å². The number of nitrogens with two attached hydrogens (primary N) is 1. The van der Waals surface area contributed by atoms with Crippen LogP contribution in [0.25, 0.3) is 22.3 Å². The van der Waals surface area contributed by atoms with Gasteiger partial charge in [-0.1, -0.05) is 6.07 Å². The van der Waals surface area contributed by atoms with Crippen molar-refractivity contribution in [3.8, 4) is 11.3 Å². The predicted molar refractivity (Wildman–Crippen MR) is 140 cm³/mol. The molecule has 2 aliphatic rings. The molecule has 4 aromatic heterocycles. The van der Waals surface area contributed by atoms with Gasteiger partial charge in [-0.05, 0) is 44.0 Å². The summed E-state index contributed by atoms with van der Waals surface area (Å²) in [5.41, 5.74) is 7.55. The summed E-state index contributed by atoms with van der Waals surface area (Å²) in [6.45, 7) is 6.24. The lowest BCUT2D eigenvalue weighted by Gasteiger charge is -2.38. The largest absolute Gasteiger partial charge is 0.417 e. The lowest BCUT2D eigenvalue weighted by Crippen LogP contribution is -2.50. The number of hydrogen-bond acceptors (Lipinski definition) is 8. The first-order chi connectivity index (χ1) is 18.3. The van der Waals surface area contributed by atoms with Gasteiger partial charge in [-0.25, -0.2) is 19.9 Å². The average Bonchev–Trinajstić information content (AvgIpc) is 3.55. The third-order valence-corrected chi connectivity index (χ3v) is 7.46. The highest BCUT2D eigenvalue weighted by Gasteiger charge is 2.32. The second-order valence-corrected chi connectivity index (χ2v) is 9.91. The van der Waals surface area contributed by atoms with Gasteiger partial charge >= 0.3 is 6.18 Å². The van der Waals surface area contributed by atoms with E-state index in [9.17, 15) is 13.2 Å². The maximum Gasteiger partial charge on any atom is 0.417 e. The van der Waals surface area contributed by atoms with Crippen molar-refractivity contribution >= 4 is 28.5 Å². The third kappa shape index (κ3) is 4.60. The number of anilines is 3. The number of nitrogen functional groups attached to an aromatic ring is 1. The van der Waals surface area contributed by atoms with Gasteiger partial charge in [0.05, 0.1) is 23.5 Å². The van der Waals surface area contributed by atoms with Crippen LogP contribution in [0, 0.1) is 0 Å². The number of pyridine rings is 2. The quantitative estimate of drug-likeness (QED) is 0.351. The number of fused-ring (bicyclic) bond motifs is 2. The van der Waals surface area contributed by atoms with Crippen molar-refractivity contribution in [3.05, 3.63) is 54.1 Å². The molecule has 198 valence electrons. The Kier molecular flexibility index (Phi) is 6.05. The Hall–Kier alpha value is -3.93. The fourth-order valence-electron chi connectivity index (χ4n) is 5.35. The Labute approximate surface area is 217 Å². The number of nitrogens with zero attached hydrogens (tertiary/aromatic N) is 6. The maximum absolute atomic E-state index is 13.3. The lowest BCUT2D eigenvalue weighted by molar-refractivity contribution is -0.137. The molecule has 6 heterocycles. The zero-order chi connectivity index (χ0) is 26.4. The Morgan fingerprint density at radius 2 is 1.97 bits per heavy atom. The SMILES string of the molecule is C[C@@H](Nc1ncc(N)c(-c2c[nH]c3ncc(C(F)(F)F)cc23)n1)c1ccc(N2CCN3CCC[C@@H]3C2)nc1. The highest BCUT2D eigenvalue weighted by molar-refractivity contribution is 5.95. The van der Waals surface area contributed by atoms with E-state index in [1.807, 2.05) is 25.3 Å². The first-order valence-corrected chi connectivity index (χ1v) is 12.6. The van der Waals surface area contributed by atoms with E-state index in [0.717, 1.165) is 43.3 Å². The van der Waals surface area contributed by atoms with Crippen molar-refractivity contribution in [3.63, 3.8) is 0 Å². The van der Waals surface area contributed by atoms with Gasteiger partial charge < -0.3 is 20.9 Å². The Morgan fingerprint density at radius 1 is 1.11 bits per heavy atom. The zero-order valence-electron chi connectivity index (χ0n) is 20.8. The van der Waals surface area contributed by atoms with Crippen molar-refractivity contribution in [1.29, 1.82) is 0 Å². The molecule has 2 atom stereocenters. The second kappa shape index (κ2) is 9.43. The summed E-state index contributed by atoms with van der Waals surface area (Å²) >= 11 is 0. The Bertz CT molecular complexity index is 1450. The van der Waals surface area contributed by atoms with E-state index in [2.05, 4.69) is 35.1 Å². The minimum atomic E-state index is -4.51. The van der Waals surface area contributed by atoms with E-state index in [0.29, 0.717) is 28.9 Å². The molecule has 9 nitrogen and oxygen atoms in total. The van der Waals surface area contributed by atoms with Gasteiger partial charge in [0.25, 0.3) is 0 Å². The van der Waals surface area contributed by atoms with E-state index < -0.39 is 11.7 Å². The van der Waals surface area contributed by atoms with Crippen LogP contribution in [-0.4, -0.2) is 62.0 Å². The van der Waals surface area contributed by atoms with E-state index in [4.69, 9.17) is 10.7 Å². The van der Waals surface area contributed by atoms with Crippen LogP contribution in [0.1, 0.15) is 36.9 Å². The number of halogens is 3. The predicted octanol–water partition coefficient (Wildman–Crippen LogP) is 4.47. The van der Waals surface area contributed by atoms with Gasteiger partial charge in [-0.15, -0.1) is 0 Å². The smallest absolute Gasteiger partial charge is 0.396 e. The number of nitrogens with one attached hydrogen (secondary N) is 2. The summed E-state index contributed by atoms with van der Waals surface area (Å²) in [5, 5.41) is 3.54. The molecule has 4 aromatic rings. The molecule has 0 radical (unpaired) electrons. The van der Waals surface area contributed by atoms with Gasteiger partial charge in [0.15, 0.2) is 0 Å². The first kappa shape index (κ1) is 24.4. The zero-order valence-corrected chi connectivity index (χ0v) is 20.8. The number of rotatable bonds is 5. The highest BCUT2D eigenvalue weighted by Crippen LogP contribution is 2.35. The molecule has 0 amide bonds. The Morgan fingerprint density at radius 3 is 2.76 bits per heavy atom. The van der Waals surface area contributed by atoms with E-state index in [1.165, 1.54) is 25.6 Å². The van der Waals surface area contributed by atoms with E-state index in [-0.39, 0.29) is 17.1 Å². The third-order valence-electron chi connectivity index (χ3n) is 7.46. The number of alkyl halides is 3. The molecule has 2 saturated heterocycles. The van der Waals surface area contributed by atoms with Gasteiger partial charge in [-0.3, -0.25) is 4.90 Å². The molecule has 0 saturated carbocycles. The van der Waals surface area contributed by atoms with Crippen LogP contribution >= 0.6 is 0 Å².